The maximum atomic E-state index is 13.5. The molecule has 1 aromatic rings. The number of benzene rings is 1. The van der Waals surface area contributed by atoms with Crippen molar-refractivity contribution < 1.29 is 19.1 Å². The Bertz CT molecular complexity index is 719. The van der Waals surface area contributed by atoms with Crippen molar-refractivity contribution in [1.29, 1.82) is 0 Å². The van der Waals surface area contributed by atoms with E-state index >= 15 is 0 Å². The molecule has 0 aliphatic carbocycles. The van der Waals surface area contributed by atoms with Gasteiger partial charge in [-0.3, -0.25) is 9.59 Å². The lowest BCUT2D eigenvalue weighted by atomic mass is 10.0. The molecule has 0 saturated heterocycles. The Kier molecular flexibility index (Phi) is 10.9. The zero-order valence-corrected chi connectivity index (χ0v) is 20.4. The molecular formula is C23H37N3O4S. The predicted molar refractivity (Wildman–Crippen MR) is 126 cm³/mol. The molecule has 31 heavy (non-hydrogen) atoms. The van der Waals surface area contributed by atoms with Crippen LogP contribution in [0.1, 0.15) is 66.0 Å². The van der Waals surface area contributed by atoms with Crippen molar-refractivity contribution in [2.45, 2.75) is 78.1 Å². The maximum Gasteiger partial charge on any atom is 0.408 e. The number of rotatable bonds is 10. The summed E-state index contributed by atoms with van der Waals surface area (Å²) < 4.78 is 5.29. The summed E-state index contributed by atoms with van der Waals surface area (Å²) in [5.74, 6) is -0.559. The Hall–Kier alpha value is -2.22. The lowest BCUT2D eigenvalue weighted by Gasteiger charge is -2.34. The molecule has 1 aromatic carbocycles. The minimum absolute atomic E-state index is 0.0774. The van der Waals surface area contributed by atoms with Crippen molar-refractivity contribution >= 4 is 30.5 Å². The second-order valence-corrected chi connectivity index (χ2v) is 9.11. The van der Waals surface area contributed by atoms with E-state index in [-0.39, 0.29) is 23.6 Å². The number of hydrogen-bond acceptors (Lipinski definition) is 5. The van der Waals surface area contributed by atoms with Crippen LogP contribution in [0.4, 0.5) is 4.79 Å². The van der Waals surface area contributed by atoms with Crippen molar-refractivity contribution in [3.05, 3.63) is 35.9 Å². The summed E-state index contributed by atoms with van der Waals surface area (Å²) in [4.78, 5) is 40.5. The largest absolute Gasteiger partial charge is 0.444 e. The topological polar surface area (TPSA) is 87.7 Å². The Balaban J connectivity index is 3.26. The average molecular weight is 452 g/mol. The number of unbranched alkanes of at least 4 members (excludes halogenated alkanes) is 1. The van der Waals surface area contributed by atoms with Crippen LogP contribution in [0.15, 0.2) is 30.3 Å². The van der Waals surface area contributed by atoms with Crippen LogP contribution < -0.4 is 10.6 Å². The normalized spacial score (nSPS) is 13.3. The monoisotopic (exact) mass is 451 g/mol. The molecule has 2 N–H and O–H groups in total. The van der Waals surface area contributed by atoms with Crippen molar-refractivity contribution in [2.75, 3.05) is 12.3 Å². The van der Waals surface area contributed by atoms with Gasteiger partial charge >= 0.3 is 6.09 Å². The summed E-state index contributed by atoms with van der Waals surface area (Å²) in [5.41, 5.74) is 0.0141. The van der Waals surface area contributed by atoms with Gasteiger partial charge in [0, 0.05) is 18.3 Å². The van der Waals surface area contributed by atoms with Gasteiger partial charge in [-0.05, 0) is 46.6 Å². The van der Waals surface area contributed by atoms with Gasteiger partial charge < -0.3 is 20.3 Å². The van der Waals surface area contributed by atoms with Crippen molar-refractivity contribution in [1.82, 2.24) is 15.5 Å². The van der Waals surface area contributed by atoms with Crippen LogP contribution >= 0.6 is 12.6 Å². The summed E-state index contributed by atoms with van der Waals surface area (Å²) in [5, 5.41) is 5.52. The van der Waals surface area contributed by atoms with Crippen molar-refractivity contribution in [3.8, 4) is 0 Å². The molecule has 2 unspecified atom stereocenters. The van der Waals surface area contributed by atoms with E-state index in [9.17, 15) is 14.4 Å². The molecule has 3 amide bonds. The Morgan fingerprint density at radius 3 is 2.19 bits per heavy atom. The molecule has 0 aromatic heterocycles. The van der Waals surface area contributed by atoms with Gasteiger partial charge in [0.15, 0.2) is 0 Å². The third-order valence-electron chi connectivity index (χ3n) is 4.31. The zero-order chi connectivity index (χ0) is 23.6. The number of carbonyl (C=O) groups excluding carboxylic acids is 3. The first-order valence-electron chi connectivity index (χ1n) is 10.8. The van der Waals surface area contributed by atoms with Crippen LogP contribution in [0.5, 0.6) is 0 Å². The molecule has 0 aliphatic heterocycles. The number of alkyl carbamates (subject to hydrolysis) is 1. The highest BCUT2D eigenvalue weighted by atomic mass is 32.1. The molecule has 0 heterocycles. The van der Waals surface area contributed by atoms with Crippen LogP contribution in [-0.2, 0) is 14.3 Å². The van der Waals surface area contributed by atoms with Gasteiger partial charge in [0.25, 0.3) is 0 Å². The molecule has 0 saturated carbocycles. The highest BCUT2D eigenvalue weighted by molar-refractivity contribution is 7.80. The Morgan fingerprint density at radius 2 is 1.71 bits per heavy atom. The summed E-state index contributed by atoms with van der Waals surface area (Å²) in [6.45, 7) is 11.4. The highest BCUT2D eigenvalue weighted by Gasteiger charge is 2.35. The van der Waals surface area contributed by atoms with Crippen LogP contribution in [0.25, 0.3) is 0 Å². The van der Waals surface area contributed by atoms with Gasteiger partial charge in [0.05, 0.1) is 0 Å². The summed E-state index contributed by atoms with van der Waals surface area (Å²) >= 11 is 4.27. The van der Waals surface area contributed by atoms with E-state index in [4.69, 9.17) is 4.74 Å². The first-order chi connectivity index (χ1) is 14.5. The second-order valence-electron chi connectivity index (χ2n) is 8.74. The number of carbonyl (C=O) groups is 3. The lowest BCUT2D eigenvalue weighted by molar-refractivity contribution is -0.142. The van der Waals surface area contributed by atoms with Gasteiger partial charge in [-0.25, -0.2) is 4.79 Å². The van der Waals surface area contributed by atoms with E-state index in [1.807, 2.05) is 51.1 Å². The number of thiol groups is 1. The number of amides is 3. The molecule has 0 spiro atoms. The molecule has 0 bridgehead atoms. The molecule has 8 heteroatoms. The average Bonchev–Trinajstić information content (AvgIpc) is 2.67. The van der Waals surface area contributed by atoms with E-state index in [1.54, 1.807) is 20.8 Å². The maximum absolute atomic E-state index is 13.5. The van der Waals surface area contributed by atoms with Gasteiger partial charge in [-0.2, -0.15) is 12.6 Å². The molecule has 0 fully saturated rings. The fourth-order valence-corrected chi connectivity index (χ4v) is 3.25. The van der Waals surface area contributed by atoms with Crippen molar-refractivity contribution in [2.24, 2.45) is 0 Å². The van der Waals surface area contributed by atoms with E-state index in [2.05, 4.69) is 23.3 Å². The fraction of sp³-hybridized carbons (Fsp3) is 0.609. The van der Waals surface area contributed by atoms with Gasteiger partial charge in [-0.15, -0.1) is 0 Å². The van der Waals surface area contributed by atoms with Crippen LogP contribution in [0, 0.1) is 0 Å². The number of nitrogens with zero attached hydrogens (tertiary/aromatic N) is 1. The van der Waals surface area contributed by atoms with E-state index < -0.39 is 23.8 Å². The predicted octanol–water partition coefficient (Wildman–Crippen LogP) is 3.70. The van der Waals surface area contributed by atoms with E-state index in [0.717, 1.165) is 12.8 Å². The van der Waals surface area contributed by atoms with Crippen LogP contribution in [0.3, 0.4) is 0 Å². The number of nitrogens with one attached hydrogen (secondary N) is 2. The van der Waals surface area contributed by atoms with E-state index in [0.29, 0.717) is 12.1 Å². The first kappa shape index (κ1) is 26.8. The van der Waals surface area contributed by atoms with Crippen LogP contribution in [-0.4, -0.2) is 52.8 Å². The number of hydrogen-bond donors (Lipinski definition) is 3. The summed E-state index contributed by atoms with van der Waals surface area (Å²) in [6.07, 6.45) is 0.871. The second kappa shape index (κ2) is 12.6. The molecule has 2 atom stereocenters. The molecule has 0 radical (unpaired) electrons. The summed E-state index contributed by atoms with van der Waals surface area (Å²) in [6, 6.07) is 7.37. The minimum Gasteiger partial charge on any atom is -0.444 e. The highest BCUT2D eigenvalue weighted by Crippen LogP contribution is 2.23. The zero-order valence-electron chi connectivity index (χ0n) is 19.5. The fourth-order valence-electron chi connectivity index (χ4n) is 3.00. The minimum atomic E-state index is -0.923. The molecule has 174 valence electrons. The van der Waals surface area contributed by atoms with E-state index in [1.165, 1.54) is 4.90 Å². The van der Waals surface area contributed by atoms with Gasteiger partial charge in [0.1, 0.15) is 17.7 Å². The smallest absolute Gasteiger partial charge is 0.408 e. The van der Waals surface area contributed by atoms with Gasteiger partial charge in [-0.1, -0.05) is 43.7 Å². The Labute approximate surface area is 191 Å². The quantitative estimate of drug-likeness (QED) is 0.473. The summed E-state index contributed by atoms with van der Waals surface area (Å²) in [7, 11) is 0. The van der Waals surface area contributed by atoms with Crippen LogP contribution in [0.2, 0.25) is 0 Å². The standard InChI is InChI=1S/C23H37N3O4S/c1-7-8-14-26(21(28)18(15-31)25-22(29)30-23(4,5)6)19(20(27)24-16(2)3)17-12-10-9-11-13-17/h9-13,16,18-19,31H,7-8,14-15H2,1-6H3,(H,24,27)(H,25,29). The molecular weight excluding hydrogens is 414 g/mol. The van der Waals surface area contributed by atoms with Crippen molar-refractivity contribution in [3.63, 3.8) is 0 Å². The lowest BCUT2D eigenvalue weighted by Crippen LogP contribution is -2.54. The molecule has 0 aliphatic rings. The third kappa shape index (κ3) is 9.21. The third-order valence-corrected chi connectivity index (χ3v) is 4.68. The number of ether oxygens (including phenoxy) is 1. The SMILES string of the molecule is CCCCN(C(=O)C(CS)NC(=O)OC(C)(C)C)C(C(=O)NC(C)C)c1ccccc1. The molecule has 7 nitrogen and oxygen atoms in total. The first-order valence-corrected chi connectivity index (χ1v) is 11.4. The van der Waals surface area contributed by atoms with Gasteiger partial charge in [0.2, 0.25) is 11.8 Å². The Morgan fingerprint density at radius 1 is 1.10 bits per heavy atom. The molecule has 1 rings (SSSR count).